The minimum absolute atomic E-state index is 0.0258. The number of nitrogens with zero attached hydrogens (tertiary/aromatic N) is 1. The van der Waals surface area contributed by atoms with Gasteiger partial charge >= 0.3 is 5.69 Å². The molecule has 2 aromatic rings. The van der Waals surface area contributed by atoms with Gasteiger partial charge in [0.15, 0.2) is 0 Å². The normalized spacial score (nSPS) is 11.3. The van der Waals surface area contributed by atoms with Crippen molar-refractivity contribution in [1.82, 2.24) is 9.55 Å². The van der Waals surface area contributed by atoms with Crippen molar-refractivity contribution < 1.29 is 9.59 Å². The van der Waals surface area contributed by atoms with Crippen molar-refractivity contribution in [1.29, 1.82) is 0 Å². The molecule has 1 amide bonds. The maximum Gasteiger partial charge on any atom is 0.329 e. The number of ketones is 1. The Morgan fingerprint density at radius 2 is 1.74 bits per heavy atom. The average Bonchev–Trinajstić information content (AvgIpc) is 2.54. The van der Waals surface area contributed by atoms with Gasteiger partial charge in [-0.2, -0.15) is 0 Å². The molecule has 3 N–H and O–H groups in total. The monoisotopic (exact) mass is 369 g/mol. The fourth-order valence-electron chi connectivity index (χ4n) is 3.06. The molecule has 0 atom stereocenters. The standard InChI is InChI=1S/C20H23N3O4/c1-11(2)16-17(18(25)14-9-12(3)8-13(4)10-14)23(7-5-6-15(21)24)20(27)22-19(16)26/h5-6,8-11H,7H2,1-4H3,(H2,21,24)(H,22,26,27)/b6-5+. The minimum Gasteiger partial charge on any atom is -0.366 e. The molecule has 1 aromatic carbocycles. The molecular weight excluding hydrogens is 346 g/mol. The van der Waals surface area contributed by atoms with Crippen molar-refractivity contribution in [3.8, 4) is 0 Å². The van der Waals surface area contributed by atoms with Gasteiger partial charge in [0.05, 0.1) is 0 Å². The lowest BCUT2D eigenvalue weighted by Crippen LogP contribution is -2.37. The number of hydrogen-bond donors (Lipinski definition) is 2. The molecule has 1 heterocycles. The van der Waals surface area contributed by atoms with E-state index in [-0.39, 0.29) is 23.7 Å². The summed E-state index contributed by atoms with van der Waals surface area (Å²) in [6.07, 6.45) is 2.49. The number of nitrogens with two attached hydrogens (primary N) is 1. The topological polar surface area (TPSA) is 115 Å². The predicted octanol–water partition coefficient (Wildman–Crippen LogP) is 1.55. The molecule has 0 spiro atoms. The highest BCUT2D eigenvalue weighted by Crippen LogP contribution is 2.19. The van der Waals surface area contributed by atoms with Crippen molar-refractivity contribution in [3.05, 3.63) is 79.1 Å². The molecule has 0 saturated heterocycles. The largest absolute Gasteiger partial charge is 0.366 e. The number of allylic oxidation sites excluding steroid dienone is 1. The van der Waals surface area contributed by atoms with E-state index in [4.69, 9.17) is 5.73 Å². The quantitative estimate of drug-likeness (QED) is 0.594. The van der Waals surface area contributed by atoms with Crippen LogP contribution in [0.5, 0.6) is 0 Å². The van der Waals surface area contributed by atoms with E-state index < -0.39 is 22.9 Å². The number of primary amides is 1. The summed E-state index contributed by atoms with van der Waals surface area (Å²) >= 11 is 0. The van der Waals surface area contributed by atoms with Crippen LogP contribution in [-0.2, 0) is 11.3 Å². The smallest absolute Gasteiger partial charge is 0.329 e. The van der Waals surface area contributed by atoms with E-state index in [9.17, 15) is 19.2 Å². The number of nitrogens with one attached hydrogen (secondary N) is 1. The van der Waals surface area contributed by atoms with Crippen molar-refractivity contribution in [2.45, 2.75) is 40.2 Å². The molecular formula is C20H23N3O4. The second-order valence-electron chi connectivity index (χ2n) is 6.80. The first-order chi connectivity index (χ1) is 12.6. The summed E-state index contributed by atoms with van der Waals surface area (Å²) in [4.78, 5) is 51.2. The van der Waals surface area contributed by atoms with Crippen LogP contribution in [-0.4, -0.2) is 21.2 Å². The Hall–Kier alpha value is -3.22. The number of aromatic nitrogens is 2. The zero-order valence-corrected chi connectivity index (χ0v) is 15.8. The van der Waals surface area contributed by atoms with E-state index >= 15 is 0 Å². The molecule has 2 rings (SSSR count). The zero-order chi connectivity index (χ0) is 20.3. The first-order valence-electron chi connectivity index (χ1n) is 8.57. The number of aryl methyl sites for hydroxylation is 2. The Kier molecular flexibility index (Phi) is 5.95. The third kappa shape index (κ3) is 4.49. The Labute approximate surface area is 156 Å². The van der Waals surface area contributed by atoms with Crippen LogP contribution in [0.1, 0.15) is 52.5 Å². The van der Waals surface area contributed by atoms with E-state index in [0.717, 1.165) is 21.8 Å². The molecule has 0 unspecified atom stereocenters. The number of H-pyrrole nitrogens is 1. The summed E-state index contributed by atoms with van der Waals surface area (Å²) in [5.41, 5.74) is 6.23. The van der Waals surface area contributed by atoms with E-state index in [1.807, 2.05) is 19.9 Å². The van der Waals surface area contributed by atoms with Gasteiger partial charge in [-0.25, -0.2) is 4.79 Å². The first-order valence-corrected chi connectivity index (χ1v) is 8.57. The molecule has 0 aliphatic heterocycles. The fourth-order valence-corrected chi connectivity index (χ4v) is 3.06. The predicted molar refractivity (Wildman–Crippen MR) is 103 cm³/mol. The Morgan fingerprint density at radius 1 is 1.15 bits per heavy atom. The van der Waals surface area contributed by atoms with Crippen molar-refractivity contribution in [2.75, 3.05) is 0 Å². The van der Waals surface area contributed by atoms with Gasteiger partial charge in [0, 0.05) is 23.7 Å². The van der Waals surface area contributed by atoms with Crippen LogP contribution < -0.4 is 17.0 Å². The average molecular weight is 369 g/mol. The maximum atomic E-state index is 13.3. The number of benzene rings is 1. The number of hydrogen-bond acceptors (Lipinski definition) is 4. The lowest BCUT2D eigenvalue weighted by Gasteiger charge is -2.16. The summed E-state index contributed by atoms with van der Waals surface area (Å²) in [7, 11) is 0. The van der Waals surface area contributed by atoms with Gasteiger partial charge in [-0.05, 0) is 31.9 Å². The van der Waals surface area contributed by atoms with Crippen LogP contribution in [0.15, 0.2) is 39.9 Å². The van der Waals surface area contributed by atoms with Gasteiger partial charge in [-0.15, -0.1) is 0 Å². The van der Waals surface area contributed by atoms with Crippen LogP contribution in [0.2, 0.25) is 0 Å². The van der Waals surface area contributed by atoms with Crippen LogP contribution >= 0.6 is 0 Å². The first kappa shape index (κ1) is 20.1. The molecule has 7 nitrogen and oxygen atoms in total. The van der Waals surface area contributed by atoms with Gasteiger partial charge < -0.3 is 5.73 Å². The van der Waals surface area contributed by atoms with Crippen molar-refractivity contribution >= 4 is 11.7 Å². The number of carbonyl (C=O) groups is 2. The number of aromatic amines is 1. The second kappa shape index (κ2) is 7.99. The van der Waals surface area contributed by atoms with Gasteiger partial charge in [0.2, 0.25) is 11.7 Å². The van der Waals surface area contributed by atoms with Gasteiger partial charge in [0.25, 0.3) is 5.56 Å². The third-order valence-electron chi connectivity index (χ3n) is 4.08. The van der Waals surface area contributed by atoms with Crippen LogP contribution in [0, 0.1) is 13.8 Å². The number of rotatable bonds is 6. The number of carbonyl (C=O) groups excluding carboxylic acids is 2. The summed E-state index contributed by atoms with van der Waals surface area (Å²) in [5.74, 6) is -1.37. The summed E-state index contributed by atoms with van der Waals surface area (Å²) < 4.78 is 1.16. The molecule has 0 aliphatic rings. The van der Waals surface area contributed by atoms with Gasteiger partial charge in [0.1, 0.15) is 5.69 Å². The molecule has 0 aliphatic carbocycles. The Balaban J connectivity index is 2.77. The van der Waals surface area contributed by atoms with Crippen LogP contribution in [0.4, 0.5) is 0 Å². The summed E-state index contributed by atoms with van der Waals surface area (Å²) in [6.45, 7) is 7.22. The Bertz CT molecular complexity index is 1020. The zero-order valence-electron chi connectivity index (χ0n) is 15.8. The van der Waals surface area contributed by atoms with Crippen LogP contribution in [0.25, 0.3) is 0 Å². The SMILES string of the molecule is Cc1cc(C)cc(C(=O)c2c(C(C)C)c(=O)[nH]c(=O)n2C/C=C/C(N)=O)c1. The maximum absolute atomic E-state index is 13.3. The lowest BCUT2D eigenvalue weighted by atomic mass is 9.95. The molecule has 1 aromatic heterocycles. The van der Waals surface area contributed by atoms with Crippen molar-refractivity contribution in [3.63, 3.8) is 0 Å². The lowest BCUT2D eigenvalue weighted by molar-refractivity contribution is -0.113. The molecule has 0 radical (unpaired) electrons. The van der Waals surface area contributed by atoms with E-state index in [1.54, 1.807) is 26.0 Å². The molecule has 0 saturated carbocycles. The van der Waals surface area contributed by atoms with Gasteiger partial charge in [-0.3, -0.25) is 23.9 Å². The highest BCUT2D eigenvalue weighted by Gasteiger charge is 2.24. The highest BCUT2D eigenvalue weighted by molar-refractivity contribution is 6.09. The minimum atomic E-state index is -0.716. The Morgan fingerprint density at radius 3 is 2.26 bits per heavy atom. The van der Waals surface area contributed by atoms with E-state index in [1.165, 1.54) is 6.08 Å². The molecule has 7 heteroatoms. The third-order valence-corrected chi connectivity index (χ3v) is 4.08. The van der Waals surface area contributed by atoms with E-state index in [2.05, 4.69) is 4.98 Å². The summed E-state index contributed by atoms with van der Waals surface area (Å²) in [5, 5.41) is 0. The molecule has 0 fully saturated rings. The van der Waals surface area contributed by atoms with E-state index in [0.29, 0.717) is 5.56 Å². The van der Waals surface area contributed by atoms with Crippen molar-refractivity contribution in [2.24, 2.45) is 5.73 Å². The molecule has 142 valence electrons. The molecule has 27 heavy (non-hydrogen) atoms. The second-order valence-corrected chi connectivity index (χ2v) is 6.80. The number of amides is 1. The molecule has 0 bridgehead atoms. The van der Waals surface area contributed by atoms with Crippen LogP contribution in [0.3, 0.4) is 0 Å². The fraction of sp³-hybridized carbons (Fsp3) is 0.300. The summed E-state index contributed by atoms with van der Waals surface area (Å²) in [6, 6.07) is 5.37. The van der Waals surface area contributed by atoms with Gasteiger partial charge in [-0.1, -0.05) is 37.1 Å². The highest BCUT2D eigenvalue weighted by atomic mass is 16.2.